The minimum absolute atomic E-state index is 0.0952. The van der Waals surface area contributed by atoms with E-state index in [2.05, 4.69) is 46.7 Å². The van der Waals surface area contributed by atoms with Gasteiger partial charge in [-0.05, 0) is 37.3 Å². The zero-order valence-electron chi connectivity index (χ0n) is 11.6. The van der Waals surface area contributed by atoms with Gasteiger partial charge < -0.3 is 9.73 Å². The van der Waals surface area contributed by atoms with Crippen molar-refractivity contribution in [1.82, 2.24) is 10.2 Å². The first-order chi connectivity index (χ1) is 10.3. The van der Waals surface area contributed by atoms with Gasteiger partial charge in [-0.15, -0.1) is 0 Å². The first kappa shape index (κ1) is 12.0. The summed E-state index contributed by atoms with van der Waals surface area (Å²) in [6, 6.07) is 16.4. The third kappa shape index (κ3) is 2.14. The van der Waals surface area contributed by atoms with Crippen molar-refractivity contribution in [2.45, 2.75) is 13.0 Å². The summed E-state index contributed by atoms with van der Waals surface area (Å²) in [5, 5.41) is 12.7. The number of hydrogen-bond donors (Lipinski definition) is 2. The average Bonchev–Trinajstić information content (AvgIpc) is 3.13. The predicted octanol–water partition coefficient (Wildman–Crippen LogP) is 4.48. The minimum Gasteiger partial charge on any atom is -0.459 e. The van der Waals surface area contributed by atoms with Crippen LogP contribution < -0.4 is 5.32 Å². The van der Waals surface area contributed by atoms with Crippen molar-refractivity contribution in [3.8, 4) is 0 Å². The molecule has 0 spiro atoms. The molecule has 0 aliphatic rings. The molecule has 4 rings (SSSR count). The second kappa shape index (κ2) is 4.66. The van der Waals surface area contributed by atoms with Gasteiger partial charge in [0.1, 0.15) is 11.3 Å². The van der Waals surface area contributed by atoms with E-state index in [9.17, 15) is 0 Å². The van der Waals surface area contributed by atoms with Crippen molar-refractivity contribution in [3.05, 3.63) is 60.5 Å². The van der Waals surface area contributed by atoms with Crippen LogP contribution in [0.3, 0.4) is 0 Å². The molecule has 0 bridgehead atoms. The van der Waals surface area contributed by atoms with E-state index in [4.69, 9.17) is 4.42 Å². The molecule has 0 saturated carbocycles. The van der Waals surface area contributed by atoms with E-state index >= 15 is 0 Å². The Labute approximate surface area is 121 Å². The minimum atomic E-state index is 0.0952. The van der Waals surface area contributed by atoms with Crippen molar-refractivity contribution in [2.24, 2.45) is 0 Å². The van der Waals surface area contributed by atoms with Crippen LogP contribution in [0.1, 0.15) is 18.7 Å². The third-order valence-electron chi connectivity index (χ3n) is 3.70. The van der Waals surface area contributed by atoms with Crippen molar-refractivity contribution < 1.29 is 4.42 Å². The highest BCUT2D eigenvalue weighted by molar-refractivity contribution is 5.82. The van der Waals surface area contributed by atoms with Crippen LogP contribution in [0.2, 0.25) is 0 Å². The van der Waals surface area contributed by atoms with Gasteiger partial charge in [-0.1, -0.05) is 18.2 Å². The van der Waals surface area contributed by atoms with Gasteiger partial charge in [0.2, 0.25) is 0 Å². The van der Waals surface area contributed by atoms with E-state index in [1.807, 2.05) is 30.5 Å². The van der Waals surface area contributed by atoms with Gasteiger partial charge in [-0.25, -0.2) is 0 Å². The summed E-state index contributed by atoms with van der Waals surface area (Å²) in [5.74, 6) is 0.931. The summed E-state index contributed by atoms with van der Waals surface area (Å²) in [4.78, 5) is 0. The fourth-order valence-electron chi connectivity index (χ4n) is 2.56. The third-order valence-corrected chi connectivity index (χ3v) is 3.70. The zero-order chi connectivity index (χ0) is 14.2. The first-order valence-corrected chi connectivity index (χ1v) is 6.98. The van der Waals surface area contributed by atoms with E-state index in [0.29, 0.717) is 0 Å². The molecule has 104 valence electrons. The van der Waals surface area contributed by atoms with E-state index in [0.717, 1.165) is 33.3 Å². The lowest BCUT2D eigenvalue weighted by Crippen LogP contribution is -2.05. The van der Waals surface area contributed by atoms with E-state index < -0.39 is 0 Å². The van der Waals surface area contributed by atoms with Gasteiger partial charge in [0.05, 0.1) is 17.8 Å². The van der Waals surface area contributed by atoms with Crippen LogP contribution >= 0.6 is 0 Å². The number of furan rings is 1. The molecular weight excluding hydrogens is 262 g/mol. The maximum absolute atomic E-state index is 5.89. The summed E-state index contributed by atoms with van der Waals surface area (Å²) in [5.41, 5.74) is 2.99. The Morgan fingerprint density at radius 2 is 2.00 bits per heavy atom. The van der Waals surface area contributed by atoms with Gasteiger partial charge in [-0.3, -0.25) is 5.10 Å². The molecule has 1 atom stereocenters. The van der Waals surface area contributed by atoms with E-state index in [1.165, 1.54) is 0 Å². The Kier molecular flexibility index (Phi) is 2.67. The monoisotopic (exact) mass is 277 g/mol. The van der Waals surface area contributed by atoms with Gasteiger partial charge in [0.25, 0.3) is 0 Å². The summed E-state index contributed by atoms with van der Waals surface area (Å²) < 4.78 is 5.89. The Morgan fingerprint density at radius 1 is 1.10 bits per heavy atom. The first-order valence-electron chi connectivity index (χ1n) is 6.98. The van der Waals surface area contributed by atoms with Gasteiger partial charge in [0.15, 0.2) is 0 Å². The predicted molar refractivity (Wildman–Crippen MR) is 84.3 cm³/mol. The summed E-state index contributed by atoms with van der Waals surface area (Å²) in [7, 11) is 0. The molecule has 2 aromatic carbocycles. The van der Waals surface area contributed by atoms with Gasteiger partial charge >= 0.3 is 0 Å². The highest BCUT2D eigenvalue weighted by Gasteiger charge is 2.11. The molecule has 0 radical (unpaired) electrons. The molecule has 0 fully saturated rings. The number of aromatic amines is 1. The topological polar surface area (TPSA) is 53.9 Å². The summed E-state index contributed by atoms with van der Waals surface area (Å²) in [6.07, 6.45) is 1.82. The molecule has 0 aliphatic carbocycles. The highest BCUT2D eigenvalue weighted by Crippen LogP contribution is 2.27. The molecule has 0 amide bonds. The number of nitrogens with zero attached hydrogens (tertiary/aromatic N) is 1. The van der Waals surface area contributed by atoms with Crippen molar-refractivity contribution >= 4 is 27.6 Å². The largest absolute Gasteiger partial charge is 0.459 e. The standard InChI is InChI=1S/C17H15N3O/c1-11(17-8-12-4-2-3-5-16(12)21-17)19-14-7-6-13-10-18-20-15(13)9-14/h2-11,19H,1H3,(H,18,20). The van der Waals surface area contributed by atoms with Crippen molar-refractivity contribution in [1.29, 1.82) is 0 Å². The van der Waals surface area contributed by atoms with Crippen LogP contribution in [0.15, 0.2) is 59.1 Å². The summed E-state index contributed by atoms with van der Waals surface area (Å²) >= 11 is 0. The molecular formula is C17H15N3O. The smallest absolute Gasteiger partial charge is 0.134 e. The molecule has 21 heavy (non-hydrogen) atoms. The van der Waals surface area contributed by atoms with Crippen LogP contribution in [0.4, 0.5) is 5.69 Å². The Balaban J connectivity index is 1.63. The number of nitrogens with one attached hydrogen (secondary N) is 2. The molecule has 4 heteroatoms. The van der Waals surface area contributed by atoms with Gasteiger partial charge in [-0.2, -0.15) is 5.10 Å². The number of aromatic nitrogens is 2. The summed E-state index contributed by atoms with van der Waals surface area (Å²) in [6.45, 7) is 2.09. The van der Waals surface area contributed by atoms with Crippen LogP contribution in [0.5, 0.6) is 0 Å². The lowest BCUT2D eigenvalue weighted by atomic mass is 10.2. The van der Waals surface area contributed by atoms with Gasteiger partial charge in [0, 0.05) is 16.5 Å². The van der Waals surface area contributed by atoms with Crippen molar-refractivity contribution in [3.63, 3.8) is 0 Å². The number of H-pyrrole nitrogens is 1. The number of benzene rings is 2. The Hall–Kier alpha value is -2.75. The Bertz CT molecular complexity index is 873. The second-order valence-corrected chi connectivity index (χ2v) is 5.22. The fraction of sp³-hybridized carbons (Fsp3) is 0.118. The highest BCUT2D eigenvalue weighted by atomic mass is 16.3. The Morgan fingerprint density at radius 3 is 2.90 bits per heavy atom. The van der Waals surface area contributed by atoms with Crippen LogP contribution in [0, 0.1) is 0 Å². The van der Waals surface area contributed by atoms with Crippen LogP contribution in [-0.4, -0.2) is 10.2 Å². The molecule has 1 unspecified atom stereocenters. The number of rotatable bonds is 3. The van der Waals surface area contributed by atoms with E-state index in [-0.39, 0.29) is 6.04 Å². The lowest BCUT2D eigenvalue weighted by molar-refractivity contribution is 0.526. The maximum atomic E-state index is 5.89. The second-order valence-electron chi connectivity index (χ2n) is 5.22. The quantitative estimate of drug-likeness (QED) is 0.580. The van der Waals surface area contributed by atoms with Crippen molar-refractivity contribution in [2.75, 3.05) is 5.32 Å². The number of para-hydroxylation sites is 1. The van der Waals surface area contributed by atoms with E-state index in [1.54, 1.807) is 0 Å². The lowest BCUT2D eigenvalue weighted by Gasteiger charge is -2.12. The SMILES string of the molecule is CC(Nc1ccc2cn[nH]c2c1)c1cc2ccccc2o1. The number of hydrogen-bond acceptors (Lipinski definition) is 3. The fourth-order valence-corrected chi connectivity index (χ4v) is 2.56. The maximum Gasteiger partial charge on any atom is 0.134 e. The molecule has 2 heterocycles. The molecule has 4 aromatic rings. The zero-order valence-corrected chi connectivity index (χ0v) is 11.6. The molecule has 2 aromatic heterocycles. The molecule has 0 saturated heterocycles. The van der Waals surface area contributed by atoms with Crippen LogP contribution in [0.25, 0.3) is 21.9 Å². The van der Waals surface area contributed by atoms with Crippen LogP contribution in [-0.2, 0) is 0 Å². The molecule has 2 N–H and O–H groups in total. The molecule has 4 nitrogen and oxygen atoms in total. The molecule has 0 aliphatic heterocycles. The number of anilines is 1. The normalized spacial score (nSPS) is 12.8. The number of fused-ring (bicyclic) bond motifs is 2. The average molecular weight is 277 g/mol.